The fraction of sp³-hybridized carbons (Fsp3) is 0.629. The lowest BCUT2D eigenvalue weighted by molar-refractivity contribution is -0.153. The molecule has 4 amide bonds. The smallest absolute Gasteiger partial charge is 0.335 e. The minimum Gasteiger partial charge on any atom is -0.481 e. The van der Waals surface area contributed by atoms with Crippen molar-refractivity contribution in [2.75, 3.05) is 13.1 Å². The number of amides is 4. The number of hydrogen-bond donors (Lipinski definition) is 8. The molecule has 4 aliphatic heterocycles. The summed E-state index contributed by atoms with van der Waals surface area (Å²) in [4.78, 5) is 97.0. The van der Waals surface area contributed by atoms with Crippen LogP contribution in [0, 0.1) is 71.0 Å². The van der Waals surface area contributed by atoms with Gasteiger partial charge in [0, 0.05) is 88.4 Å². The number of rotatable bonds is 41. The number of aliphatic carboxylic acids is 2. The summed E-state index contributed by atoms with van der Waals surface area (Å²) in [6.07, 6.45) is 15.5. The maximum absolute atomic E-state index is 14.5. The average Bonchev–Trinajstić information content (AvgIpc) is 1.63. The Balaban J connectivity index is 0.000000825. The number of carbonyl (C=O) groups is 8. The molecular formula is C97H138F8N4O16. The van der Waals surface area contributed by atoms with Gasteiger partial charge in [0.05, 0.1) is 59.7 Å². The number of hydrogen-bond acceptors (Lipinski definition) is 12. The Morgan fingerprint density at radius 2 is 0.696 bits per heavy atom. The van der Waals surface area contributed by atoms with E-state index in [0.29, 0.717) is 89.9 Å². The number of benzene rings is 2. The number of aliphatic hydroxyl groups is 4. The van der Waals surface area contributed by atoms with Crippen molar-refractivity contribution in [1.29, 1.82) is 0 Å². The van der Waals surface area contributed by atoms with Crippen LogP contribution in [0.2, 0.25) is 0 Å². The second-order valence-corrected chi connectivity index (χ2v) is 33.7. The van der Waals surface area contributed by atoms with E-state index >= 15 is 0 Å². The van der Waals surface area contributed by atoms with Gasteiger partial charge < -0.3 is 60.5 Å². The lowest BCUT2D eigenvalue weighted by atomic mass is 9.77. The molecule has 4 heterocycles. The van der Waals surface area contributed by atoms with Gasteiger partial charge in [0.25, 0.3) is 23.6 Å². The standard InChI is InChI=1S/C28H37F2NO4.C23H35F2NO4.C22H25F2NO4.C20H29F2NO4.2C2H6/c1-7-8-9-19(2)23(32)15-14-22-18-28(29,30)25(35)31(22)27(5,6)17-16-26(3,4)21-12-10-20(11-13-21)24(33)34;1-5-6-11-17(2)19(27)14-13-18-16-23(24,25)21(30)26(18)22(3,4)15-10-8-7-9-12-20(28)29;1-3-4-5-15(2)19(26)11-10-18-14-22(23,24)21(29)25(18)13-12-16-6-8-17(9-7-16)20(27)28;1-3-4-9-15(2)17(24)12-11-16-14-20(21,22)19(27)23(16)13-8-6-5-7-10-18(25)26;2*1-2/h10-15,19,22-23,32H,9,16-18H2,1-6H3,(H,33,34);13-14,17-19,27H,7-12,15-16H2,1-4H3,(H,28,29);6-11,15,18-19,26H,5,12-14H2,1-2H3,(H,27,28);11-12,15-17,24H,5-10,13-14H2,1-2H3,(H,25,26);2*1-2H3/b15-14+;14-13+;11-10+;12-11+;;/t19-,22-,23+;17-,18-,19+;15-,18-,19+;15-,16-,17+;;/m0000../s1. The molecular weight excluding hydrogens is 1630 g/mol. The number of carboxylic acids is 4. The van der Waals surface area contributed by atoms with Gasteiger partial charge in [-0.15, -0.1) is 47.4 Å². The van der Waals surface area contributed by atoms with Crippen LogP contribution in [0.4, 0.5) is 35.1 Å². The SMILES string of the molecule is CC.CC.CC#CC[C@H](C)[C@H](O)/C=C/[C@H]1CC(F)(F)C(=O)N1C(C)(C)CCC(C)(C)c1ccc(C(=O)O)cc1.CC#CC[C@H](C)[C@H](O)/C=C/[C@H]1CC(F)(F)C(=O)N1C(C)(C)CCCCCCC(=O)O.CC#CC[C@H](C)[C@H](O)/C=C/[C@H]1CC(F)(F)C(=O)N1CCCCCCC(=O)O.CC#CC[C@H](C)[C@H](O)/C=C/[C@H]1CC(F)(F)C(=O)N1CCc1ccc(C(=O)O)cc1. The molecule has 4 aliphatic rings. The third kappa shape index (κ3) is 38.0. The summed E-state index contributed by atoms with van der Waals surface area (Å²) in [5.74, 6) is -0.214. The Hall–Kier alpha value is -9.32. The number of aromatic carboxylic acids is 2. The van der Waals surface area contributed by atoms with Gasteiger partial charge in [-0.25, -0.2) is 9.59 Å². The highest BCUT2D eigenvalue weighted by atomic mass is 19.3. The third-order valence-corrected chi connectivity index (χ3v) is 22.3. The first-order chi connectivity index (χ1) is 58.4. The molecule has 2 aromatic carbocycles. The van der Waals surface area contributed by atoms with E-state index in [4.69, 9.17) is 20.4 Å². The zero-order valence-electron chi connectivity index (χ0n) is 76.3. The van der Waals surface area contributed by atoms with E-state index in [0.717, 1.165) is 33.8 Å². The number of nitrogens with zero attached hydrogens (tertiary/aromatic N) is 4. The molecule has 0 radical (unpaired) electrons. The maximum Gasteiger partial charge on any atom is 0.335 e. The summed E-state index contributed by atoms with van der Waals surface area (Å²) < 4.78 is 113. The fourth-order valence-electron chi connectivity index (χ4n) is 14.3. The average molecular weight is 1770 g/mol. The van der Waals surface area contributed by atoms with E-state index in [2.05, 4.69) is 47.4 Å². The molecule has 0 bridgehead atoms. The Bertz CT molecular complexity index is 4130. The van der Waals surface area contributed by atoms with Crippen molar-refractivity contribution >= 4 is 47.5 Å². The summed E-state index contributed by atoms with van der Waals surface area (Å²) in [7, 11) is 0. The zero-order chi connectivity index (χ0) is 95.6. The molecule has 0 saturated carbocycles. The van der Waals surface area contributed by atoms with Crippen LogP contribution in [0.15, 0.2) is 97.1 Å². The van der Waals surface area contributed by atoms with Crippen LogP contribution < -0.4 is 0 Å². The predicted molar refractivity (Wildman–Crippen MR) is 470 cm³/mol. The number of aliphatic hydroxyl groups excluding tert-OH is 4. The molecule has 125 heavy (non-hydrogen) atoms. The van der Waals surface area contributed by atoms with Crippen LogP contribution >= 0.6 is 0 Å². The number of carbonyl (C=O) groups excluding carboxylic acids is 4. The van der Waals surface area contributed by atoms with Crippen LogP contribution in [0.3, 0.4) is 0 Å². The van der Waals surface area contributed by atoms with Crippen LogP contribution in [0.1, 0.15) is 291 Å². The van der Waals surface area contributed by atoms with Gasteiger partial charge in [0.1, 0.15) is 0 Å². The van der Waals surface area contributed by atoms with Crippen LogP contribution in [0.25, 0.3) is 0 Å². The van der Waals surface area contributed by atoms with Gasteiger partial charge in [-0.05, 0) is 165 Å². The summed E-state index contributed by atoms with van der Waals surface area (Å²) in [6.45, 7) is 33.6. The second-order valence-electron chi connectivity index (χ2n) is 33.7. The highest BCUT2D eigenvalue weighted by molar-refractivity contribution is 5.90. The number of unbranched alkanes of at least 4 members (excludes halogenated alkanes) is 6. The number of halogens is 8. The fourth-order valence-corrected chi connectivity index (χ4v) is 14.3. The normalized spacial score (nSPS) is 20.0. The molecule has 12 atom stereocenters. The van der Waals surface area contributed by atoms with E-state index in [1.807, 2.05) is 69.2 Å². The van der Waals surface area contributed by atoms with E-state index in [9.17, 15) is 93.9 Å². The van der Waals surface area contributed by atoms with Crippen molar-refractivity contribution in [2.45, 2.75) is 355 Å². The quantitative estimate of drug-likeness (QED) is 0.0133. The number of likely N-dealkylation sites (tertiary alicyclic amines) is 4. The van der Waals surface area contributed by atoms with Crippen LogP contribution in [-0.4, -0.2) is 204 Å². The van der Waals surface area contributed by atoms with Gasteiger partial charge in [0.15, 0.2) is 0 Å². The van der Waals surface area contributed by atoms with Crippen LogP contribution in [0.5, 0.6) is 0 Å². The van der Waals surface area contributed by atoms with E-state index in [1.54, 1.807) is 91.8 Å². The number of alkyl halides is 8. The van der Waals surface area contributed by atoms with Gasteiger partial charge in [0.2, 0.25) is 0 Å². The molecule has 0 aromatic heterocycles. The van der Waals surface area contributed by atoms with Crippen molar-refractivity contribution in [3.8, 4) is 47.4 Å². The molecule has 4 saturated heterocycles. The molecule has 6 rings (SSSR count). The summed E-state index contributed by atoms with van der Waals surface area (Å²) in [5, 5.41) is 76.3. The first-order valence-corrected chi connectivity index (χ1v) is 43.3. The van der Waals surface area contributed by atoms with Crippen LogP contribution in [-0.2, 0) is 40.6 Å². The summed E-state index contributed by atoms with van der Waals surface area (Å²) >= 11 is 0. The molecule has 0 aliphatic carbocycles. The molecule has 0 unspecified atom stereocenters. The summed E-state index contributed by atoms with van der Waals surface area (Å²) in [6, 6.07) is 9.55. The Labute approximate surface area is 736 Å². The molecule has 4 fully saturated rings. The Morgan fingerprint density at radius 3 is 1.02 bits per heavy atom. The lowest BCUT2D eigenvalue weighted by Gasteiger charge is -2.41. The molecule has 20 nitrogen and oxygen atoms in total. The van der Waals surface area contributed by atoms with Crippen molar-refractivity contribution in [3.05, 3.63) is 119 Å². The topological polar surface area (TPSA) is 311 Å². The van der Waals surface area contributed by atoms with Crippen molar-refractivity contribution in [3.63, 3.8) is 0 Å². The second kappa shape index (κ2) is 54.6. The first kappa shape index (κ1) is 114. The largest absolute Gasteiger partial charge is 0.481 e. The monoisotopic (exact) mass is 1770 g/mol. The highest BCUT2D eigenvalue weighted by Crippen LogP contribution is 2.44. The van der Waals surface area contributed by atoms with Gasteiger partial charge in [-0.2, -0.15) is 35.1 Å². The molecule has 698 valence electrons. The van der Waals surface area contributed by atoms with E-state index in [-0.39, 0.29) is 66.1 Å². The molecule has 28 heteroatoms. The molecule has 0 spiro atoms. The minimum absolute atomic E-state index is 0.0722. The lowest BCUT2D eigenvalue weighted by Crippen LogP contribution is -2.51. The Morgan fingerprint density at radius 1 is 0.408 bits per heavy atom. The van der Waals surface area contributed by atoms with Crippen molar-refractivity contribution in [1.82, 2.24) is 19.6 Å². The van der Waals surface area contributed by atoms with Gasteiger partial charge >= 0.3 is 47.6 Å². The van der Waals surface area contributed by atoms with E-state index < -0.39 is 157 Å². The minimum atomic E-state index is -3.46. The predicted octanol–water partition coefficient (Wildman–Crippen LogP) is 18.2. The first-order valence-electron chi connectivity index (χ1n) is 43.3. The van der Waals surface area contributed by atoms with Crippen molar-refractivity contribution in [2.24, 2.45) is 23.7 Å². The number of carboxylic acid groups (broad SMARTS) is 4. The summed E-state index contributed by atoms with van der Waals surface area (Å²) in [5.41, 5.74) is -0.00128. The Kier molecular flexibility index (Phi) is 49.7. The van der Waals surface area contributed by atoms with E-state index in [1.165, 1.54) is 70.5 Å². The molecule has 2 aromatic rings. The van der Waals surface area contributed by atoms with Gasteiger partial charge in [-0.3, -0.25) is 28.8 Å². The maximum atomic E-state index is 14.5. The zero-order valence-corrected chi connectivity index (χ0v) is 76.3. The van der Waals surface area contributed by atoms with Gasteiger partial charge in [-0.1, -0.05) is 174 Å². The van der Waals surface area contributed by atoms with Crippen molar-refractivity contribution < 1.29 is 114 Å². The molecule has 8 N–H and O–H groups in total. The third-order valence-electron chi connectivity index (χ3n) is 22.3. The highest BCUT2D eigenvalue weighted by Gasteiger charge is 2.59.